The predicted molar refractivity (Wildman–Crippen MR) is 118 cm³/mol. The highest BCUT2D eigenvalue weighted by atomic mass is 32.2. The number of Topliss-reactive ketones (excluding diaryl/α,β-unsaturated/α-hetero) is 1. The van der Waals surface area contributed by atoms with Gasteiger partial charge in [0, 0.05) is 19.0 Å². The SMILES string of the molecule is CC(=O)c1c(-c2ccc(F)cc2)oc2nc(N(C)S(C)(=O)=O)c(CCCCC(=O)O)cc12. The average Bonchev–Trinajstić information content (AvgIpc) is 3.08. The summed E-state index contributed by atoms with van der Waals surface area (Å²) in [5.41, 5.74) is 1.37. The summed E-state index contributed by atoms with van der Waals surface area (Å²) in [5.74, 6) is -1.27. The number of furan rings is 1. The predicted octanol–water partition coefficient (Wildman–Crippen LogP) is 4.03. The summed E-state index contributed by atoms with van der Waals surface area (Å²) < 4.78 is 44.6. The molecule has 1 N–H and O–H groups in total. The Labute approximate surface area is 184 Å². The molecule has 10 heteroatoms. The first kappa shape index (κ1) is 23.4. The number of aliphatic carboxylic acids is 1. The van der Waals surface area contributed by atoms with Gasteiger partial charge in [-0.2, -0.15) is 4.98 Å². The fourth-order valence-corrected chi connectivity index (χ4v) is 3.89. The molecule has 8 nitrogen and oxygen atoms in total. The second kappa shape index (κ2) is 9.07. The Morgan fingerprint density at radius 1 is 1.19 bits per heavy atom. The van der Waals surface area contributed by atoms with Crippen LogP contribution in [0.1, 0.15) is 42.1 Å². The number of halogens is 1. The first-order valence-corrected chi connectivity index (χ1v) is 11.7. The third-order valence-electron chi connectivity index (χ3n) is 5.08. The van der Waals surface area contributed by atoms with Crippen molar-refractivity contribution in [2.45, 2.75) is 32.6 Å². The monoisotopic (exact) mass is 462 g/mol. The van der Waals surface area contributed by atoms with Gasteiger partial charge in [-0.15, -0.1) is 0 Å². The molecule has 1 aromatic carbocycles. The molecule has 0 fully saturated rings. The molecule has 3 aromatic rings. The van der Waals surface area contributed by atoms with E-state index in [-0.39, 0.29) is 35.1 Å². The molecule has 0 saturated heterocycles. The number of carboxylic acids is 1. The zero-order valence-electron chi connectivity index (χ0n) is 17.9. The van der Waals surface area contributed by atoms with Crippen molar-refractivity contribution in [2.75, 3.05) is 17.6 Å². The van der Waals surface area contributed by atoms with Gasteiger partial charge in [0.25, 0.3) is 0 Å². The second-order valence-corrected chi connectivity index (χ2v) is 9.54. The lowest BCUT2D eigenvalue weighted by Crippen LogP contribution is -2.27. The number of carbonyl (C=O) groups excluding carboxylic acids is 1. The number of ketones is 1. The summed E-state index contributed by atoms with van der Waals surface area (Å²) in [6.07, 6.45) is 2.29. The number of nitrogens with zero attached hydrogens (tertiary/aromatic N) is 2. The third kappa shape index (κ3) is 4.96. The van der Waals surface area contributed by atoms with Gasteiger partial charge >= 0.3 is 5.97 Å². The molecule has 2 heterocycles. The van der Waals surface area contributed by atoms with E-state index >= 15 is 0 Å². The average molecular weight is 462 g/mol. The van der Waals surface area contributed by atoms with Gasteiger partial charge in [-0.25, -0.2) is 12.8 Å². The van der Waals surface area contributed by atoms with Crippen LogP contribution in [0.25, 0.3) is 22.4 Å². The van der Waals surface area contributed by atoms with Crippen LogP contribution in [-0.4, -0.2) is 43.6 Å². The molecule has 0 spiro atoms. The van der Waals surface area contributed by atoms with Crippen molar-refractivity contribution in [2.24, 2.45) is 0 Å². The molecule has 0 saturated carbocycles. The molecular weight excluding hydrogens is 439 g/mol. The normalized spacial score (nSPS) is 11.6. The topological polar surface area (TPSA) is 118 Å². The smallest absolute Gasteiger partial charge is 0.303 e. The summed E-state index contributed by atoms with van der Waals surface area (Å²) in [4.78, 5) is 27.7. The minimum Gasteiger partial charge on any atom is -0.481 e. The van der Waals surface area contributed by atoms with Crippen LogP contribution in [0.4, 0.5) is 10.2 Å². The molecule has 0 amide bonds. The number of carboxylic acid groups (broad SMARTS) is 1. The Bertz CT molecular complexity index is 1280. The number of aryl methyl sites for hydroxylation is 1. The lowest BCUT2D eigenvalue weighted by atomic mass is 10.0. The van der Waals surface area contributed by atoms with Gasteiger partial charge in [-0.3, -0.25) is 13.9 Å². The van der Waals surface area contributed by atoms with Crippen molar-refractivity contribution in [3.8, 4) is 11.3 Å². The Kier molecular flexibility index (Phi) is 6.63. The van der Waals surface area contributed by atoms with Crippen LogP contribution in [0.15, 0.2) is 34.7 Å². The van der Waals surface area contributed by atoms with Crippen LogP contribution in [0, 0.1) is 5.82 Å². The molecule has 170 valence electrons. The molecule has 32 heavy (non-hydrogen) atoms. The van der Waals surface area contributed by atoms with Crippen LogP contribution >= 0.6 is 0 Å². The standard InChI is InChI=1S/C22H23FN2O6S/c1-13(26)19-17-12-15(6-4-5-7-18(27)28)21(25(2)32(3,29)30)24-22(17)31-20(19)14-8-10-16(23)11-9-14/h8-12H,4-7H2,1-3H3,(H,27,28). The minimum absolute atomic E-state index is 0.00789. The Balaban J connectivity index is 2.18. The van der Waals surface area contributed by atoms with Crippen molar-refractivity contribution < 1.29 is 31.9 Å². The fraction of sp³-hybridized carbons (Fsp3) is 0.318. The zero-order valence-corrected chi connectivity index (χ0v) is 18.7. The number of fused-ring (bicyclic) bond motifs is 1. The minimum atomic E-state index is -3.64. The largest absolute Gasteiger partial charge is 0.481 e. The van der Waals surface area contributed by atoms with E-state index in [2.05, 4.69) is 4.98 Å². The van der Waals surface area contributed by atoms with Crippen molar-refractivity contribution >= 4 is 38.7 Å². The van der Waals surface area contributed by atoms with E-state index in [1.54, 1.807) is 6.07 Å². The highest BCUT2D eigenvalue weighted by molar-refractivity contribution is 7.92. The van der Waals surface area contributed by atoms with E-state index in [1.165, 1.54) is 38.2 Å². The maximum atomic E-state index is 13.4. The number of hydrogen-bond acceptors (Lipinski definition) is 6. The van der Waals surface area contributed by atoms with E-state index in [0.717, 1.165) is 10.6 Å². The number of hydrogen-bond donors (Lipinski definition) is 1. The lowest BCUT2D eigenvalue weighted by molar-refractivity contribution is -0.137. The third-order valence-corrected chi connectivity index (χ3v) is 6.25. The van der Waals surface area contributed by atoms with Gasteiger partial charge in [0.1, 0.15) is 17.4 Å². The molecular formula is C22H23FN2O6S. The summed E-state index contributed by atoms with van der Waals surface area (Å²) in [7, 11) is -2.28. The molecule has 0 aliphatic carbocycles. The van der Waals surface area contributed by atoms with Crippen LogP contribution < -0.4 is 4.31 Å². The summed E-state index contributed by atoms with van der Waals surface area (Å²) in [5, 5.41) is 9.27. The summed E-state index contributed by atoms with van der Waals surface area (Å²) in [6.45, 7) is 1.38. The Hall–Kier alpha value is -3.27. The van der Waals surface area contributed by atoms with Gasteiger partial charge in [-0.05, 0) is 62.1 Å². The second-order valence-electron chi connectivity index (χ2n) is 7.52. The van der Waals surface area contributed by atoms with Crippen molar-refractivity contribution in [3.05, 3.63) is 47.3 Å². The molecule has 0 radical (unpaired) electrons. The van der Waals surface area contributed by atoms with E-state index in [1.807, 2.05) is 0 Å². The quantitative estimate of drug-likeness (QED) is 0.377. The number of sulfonamides is 1. The van der Waals surface area contributed by atoms with Gasteiger partial charge in [0.05, 0.1) is 17.2 Å². The van der Waals surface area contributed by atoms with Gasteiger partial charge in [0.15, 0.2) is 5.78 Å². The van der Waals surface area contributed by atoms with Crippen LogP contribution in [0.2, 0.25) is 0 Å². The number of pyridine rings is 1. The number of carbonyl (C=O) groups is 2. The molecule has 0 aliphatic heterocycles. The molecule has 3 rings (SSSR count). The van der Waals surface area contributed by atoms with Crippen molar-refractivity contribution in [3.63, 3.8) is 0 Å². The van der Waals surface area contributed by atoms with Crippen molar-refractivity contribution in [1.29, 1.82) is 0 Å². The Morgan fingerprint density at radius 3 is 2.41 bits per heavy atom. The first-order chi connectivity index (χ1) is 15.0. The number of aromatic nitrogens is 1. The van der Waals surface area contributed by atoms with Gasteiger partial charge in [-0.1, -0.05) is 0 Å². The van der Waals surface area contributed by atoms with Crippen LogP contribution in [0.3, 0.4) is 0 Å². The molecule has 2 aromatic heterocycles. The van der Waals surface area contributed by atoms with E-state index in [4.69, 9.17) is 9.52 Å². The molecule has 0 atom stereocenters. The van der Waals surface area contributed by atoms with E-state index in [0.29, 0.717) is 35.8 Å². The summed E-state index contributed by atoms with van der Waals surface area (Å²) >= 11 is 0. The molecule has 0 bridgehead atoms. The number of anilines is 1. The van der Waals surface area contributed by atoms with Crippen LogP contribution in [-0.2, 0) is 21.2 Å². The maximum Gasteiger partial charge on any atom is 0.303 e. The Morgan fingerprint density at radius 2 is 1.84 bits per heavy atom. The summed E-state index contributed by atoms with van der Waals surface area (Å²) in [6, 6.07) is 7.12. The first-order valence-electron chi connectivity index (χ1n) is 9.88. The van der Waals surface area contributed by atoms with Gasteiger partial charge < -0.3 is 9.52 Å². The fourth-order valence-electron chi connectivity index (χ4n) is 3.42. The highest BCUT2D eigenvalue weighted by Crippen LogP contribution is 2.36. The number of benzene rings is 1. The maximum absolute atomic E-state index is 13.4. The number of unbranched alkanes of at least 4 members (excludes halogenated alkanes) is 1. The van der Waals surface area contributed by atoms with Crippen LogP contribution in [0.5, 0.6) is 0 Å². The van der Waals surface area contributed by atoms with E-state index < -0.39 is 21.8 Å². The lowest BCUT2D eigenvalue weighted by Gasteiger charge is -2.19. The highest BCUT2D eigenvalue weighted by Gasteiger charge is 2.25. The molecule has 0 aliphatic rings. The van der Waals surface area contributed by atoms with E-state index in [9.17, 15) is 22.4 Å². The zero-order chi connectivity index (χ0) is 23.6. The number of rotatable bonds is 9. The molecule has 0 unspecified atom stereocenters. The van der Waals surface area contributed by atoms with Gasteiger partial charge in [0.2, 0.25) is 15.7 Å². The van der Waals surface area contributed by atoms with Crippen molar-refractivity contribution in [1.82, 2.24) is 4.98 Å².